The fourth-order valence-electron chi connectivity index (χ4n) is 3.78. The van der Waals surface area contributed by atoms with E-state index in [2.05, 4.69) is 29.6 Å². The van der Waals surface area contributed by atoms with Gasteiger partial charge in [0.1, 0.15) is 5.78 Å². The predicted octanol–water partition coefficient (Wildman–Crippen LogP) is 2.55. The first-order valence-electron chi connectivity index (χ1n) is 7.81. The largest absolute Gasteiger partial charge is 0.389 e. The van der Waals surface area contributed by atoms with Crippen LogP contribution < -0.4 is 5.32 Å². The summed E-state index contributed by atoms with van der Waals surface area (Å²) in [4.78, 5) is 12.4. The Bertz CT molecular complexity index is 535. The summed E-state index contributed by atoms with van der Waals surface area (Å²) in [7, 11) is 0. The van der Waals surface area contributed by atoms with E-state index in [0.29, 0.717) is 6.42 Å². The van der Waals surface area contributed by atoms with E-state index in [1.165, 1.54) is 0 Å². The molecule has 3 nitrogen and oxygen atoms in total. The molecule has 1 aliphatic carbocycles. The second-order valence-electron chi connectivity index (χ2n) is 6.55. The summed E-state index contributed by atoms with van der Waals surface area (Å²) in [5.41, 5.74) is 0.297. The van der Waals surface area contributed by atoms with Gasteiger partial charge in [0.2, 0.25) is 0 Å². The van der Waals surface area contributed by atoms with Gasteiger partial charge in [-0.1, -0.05) is 42.5 Å². The molecule has 3 heteroatoms. The number of hydrogen-bond donors (Lipinski definition) is 2. The predicted molar refractivity (Wildman–Crippen MR) is 83.8 cm³/mol. The molecular formula is C18H23NO2. The highest BCUT2D eigenvalue weighted by atomic mass is 16.3. The molecule has 112 valence electrons. The number of carbonyl (C=O) groups excluding carboxylic acids is 1. The van der Waals surface area contributed by atoms with Gasteiger partial charge >= 0.3 is 0 Å². The molecule has 2 aliphatic rings. The number of carbonyl (C=O) groups is 1. The molecule has 1 aromatic rings. The van der Waals surface area contributed by atoms with Crippen LogP contribution in [-0.4, -0.2) is 28.6 Å². The Morgan fingerprint density at radius 3 is 2.86 bits per heavy atom. The van der Waals surface area contributed by atoms with E-state index in [-0.39, 0.29) is 23.8 Å². The minimum absolute atomic E-state index is 0.0767. The van der Waals surface area contributed by atoms with Crippen molar-refractivity contribution in [1.29, 1.82) is 0 Å². The van der Waals surface area contributed by atoms with Crippen molar-refractivity contribution >= 4 is 11.9 Å². The van der Waals surface area contributed by atoms with E-state index >= 15 is 0 Å². The Kier molecular flexibility index (Phi) is 3.96. The van der Waals surface area contributed by atoms with Gasteiger partial charge < -0.3 is 10.4 Å². The van der Waals surface area contributed by atoms with Gasteiger partial charge in [-0.3, -0.25) is 4.79 Å². The fourth-order valence-corrected chi connectivity index (χ4v) is 3.78. The lowest BCUT2D eigenvalue weighted by Crippen LogP contribution is -2.60. The molecule has 0 unspecified atom stereocenters. The molecule has 3 rings (SSSR count). The summed E-state index contributed by atoms with van der Waals surface area (Å²) in [6.07, 6.45) is 7.29. The molecule has 4 atom stereocenters. The summed E-state index contributed by atoms with van der Waals surface area (Å²) in [5.74, 6) is -0.0428. The van der Waals surface area contributed by atoms with Gasteiger partial charge in [-0.05, 0) is 31.7 Å². The van der Waals surface area contributed by atoms with Crippen molar-refractivity contribution < 1.29 is 9.90 Å². The van der Waals surface area contributed by atoms with Crippen LogP contribution in [0, 0.1) is 5.92 Å². The number of aliphatic hydroxyl groups is 1. The average Bonchev–Trinajstić information content (AvgIpc) is 2.45. The van der Waals surface area contributed by atoms with Gasteiger partial charge in [0.05, 0.1) is 11.5 Å². The quantitative estimate of drug-likeness (QED) is 0.878. The maximum atomic E-state index is 12.4. The summed E-state index contributed by atoms with van der Waals surface area (Å²) < 4.78 is 0. The number of rotatable bonds is 2. The van der Waals surface area contributed by atoms with Gasteiger partial charge in [0.25, 0.3) is 0 Å². The molecular weight excluding hydrogens is 262 g/mol. The first-order chi connectivity index (χ1) is 10.1. The minimum atomic E-state index is -0.846. The van der Waals surface area contributed by atoms with E-state index in [1.54, 1.807) is 0 Å². The highest BCUT2D eigenvalue weighted by Crippen LogP contribution is 2.37. The van der Waals surface area contributed by atoms with Crippen molar-refractivity contribution in [2.24, 2.45) is 5.92 Å². The first kappa shape index (κ1) is 14.5. The highest BCUT2D eigenvalue weighted by Gasteiger charge is 2.48. The standard InChI is InChI=1S/C18H23NO2/c1-18(21)11-5-8-15-17(18)16(20)12-14(19-15)10-9-13-6-3-2-4-7-13/h2-4,6-7,9-10,14-15,17,19,21H,5,8,11-12H2,1H3/b10-9+/t14-,15+,17-,18-/m1/s1. The zero-order valence-electron chi connectivity index (χ0n) is 12.5. The van der Waals surface area contributed by atoms with E-state index in [9.17, 15) is 9.90 Å². The maximum absolute atomic E-state index is 12.4. The number of nitrogens with one attached hydrogen (secondary N) is 1. The monoisotopic (exact) mass is 285 g/mol. The molecule has 0 radical (unpaired) electrons. The lowest BCUT2D eigenvalue weighted by atomic mass is 9.68. The normalized spacial score (nSPS) is 36.7. The Labute approximate surface area is 126 Å². The highest BCUT2D eigenvalue weighted by molar-refractivity contribution is 5.85. The molecule has 1 aliphatic heterocycles. The van der Waals surface area contributed by atoms with Crippen molar-refractivity contribution in [3.63, 3.8) is 0 Å². The smallest absolute Gasteiger partial charge is 0.142 e. The molecule has 2 fully saturated rings. The van der Waals surface area contributed by atoms with Gasteiger partial charge in [0.15, 0.2) is 0 Å². The van der Waals surface area contributed by atoms with Crippen LogP contribution >= 0.6 is 0 Å². The molecule has 0 amide bonds. The van der Waals surface area contributed by atoms with E-state index < -0.39 is 5.60 Å². The Balaban J connectivity index is 1.71. The van der Waals surface area contributed by atoms with E-state index in [1.807, 2.05) is 25.1 Å². The fraction of sp³-hybridized carbons (Fsp3) is 0.500. The van der Waals surface area contributed by atoms with Gasteiger partial charge in [-0.15, -0.1) is 0 Å². The van der Waals surface area contributed by atoms with Crippen LogP contribution in [0.4, 0.5) is 0 Å². The number of fused-ring (bicyclic) bond motifs is 1. The Hall–Kier alpha value is -1.45. The SMILES string of the molecule is C[C@@]1(O)CCC[C@@H]2N[C@H](/C=C/c3ccccc3)CC(=O)[C@@H]21. The molecule has 1 aromatic carbocycles. The maximum Gasteiger partial charge on any atom is 0.142 e. The summed E-state index contributed by atoms with van der Waals surface area (Å²) >= 11 is 0. The molecule has 0 aromatic heterocycles. The summed E-state index contributed by atoms with van der Waals surface area (Å²) in [6, 6.07) is 10.3. The van der Waals surface area contributed by atoms with Crippen LogP contribution in [-0.2, 0) is 4.79 Å². The molecule has 1 saturated carbocycles. The van der Waals surface area contributed by atoms with Crippen LogP contribution in [0.5, 0.6) is 0 Å². The number of Topliss-reactive ketones (excluding diaryl/α,β-unsaturated/α-hetero) is 1. The van der Waals surface area contributed by atoms with E-state index in [0.717, 1.165) is 24.8 Å². The van der Waals surface area contributed by atoms with Crippen molar-refractivity contribution in [3.05, 3.63) is 42.0 Å². The molecule has 2 N–H and O–H groups in total. The minimum Gasteiger partial charge on any atom is -0.389 e. The summed E-state index contributed by atoms with van der Waals surface area (Å²) in [5, 5.41) is 14.0. The first-order valence-corrected chi connectivity index (χ1v) is 7.81. The van der Waals surface area contributed by atoms with Crippen LogP contribution in [0.15, 0.2) is 36.4 Å². The third-order valence-electron chi connectivity index (χ3n) is 4.79. The third-order valence-corrected chi connectivity index (χ3v) is 4.79. The second-order valence-corrected chi connectivity index (χ2v) is 6.55. The van der Waals surface area contributed by atoms with Crippen molar-refractivity contribution in [1.82, 2.24) is 5.32 Å². The number of piperidine rings is 1. The molecule has 0 spiro atoms. The van der Waals surface area contributed by atoms with Crippen molar-refractivity contribution in [2.75, 3.05) is 0 Å². The summed E-state index contributed by atoms with van der Waals surface area (Å²) in [6.45, 7) is 1.81. The molecule has 0 bridgehead atoms. The zero-order valence-corrected chi connectivity index (χ0v) is 12.5. The topological polar surface area (TPSA) is 49.3 Å². The number of hydrogen-bond acceptors (Lipinski definition) is 3. The van der Waals surface area contributed by atoms with Gasteiger partial charge in [0, 0.05) is 18.5 Å². The van der Waals surface area contributed by atoms with Crippen molar-refractivity contribution in [3.8, 4) is 0 Å². The van der Waals surface area contributed by atoms with Crippen LogP contribution in [0.25, 0.3) is 6.08 Å². The van der Waals surface area contributed by atoms with Gasteiger partial charge in [-0.2, -0.15) is 0 Å². The average molecular weight is 285 g/mol. The lowest BCUT2D eigenvalue weighted by Gasteiger charge is -2.46. The third kappa shape index (κ3) is 3.09. The second kappa shape index (κ2) is 5.74. The molecule has 21 heavy (non-hydrogen) atoms. The van der Waals surface area contributed by atoms with Gasteiger partial charge in [-0.25, -0.2) is 0 Å². The molecule has 1 heterocycles. The van der Waals surface area contributed by atoms with Crippen molar-refractivity contribution in [2.45, 2.75) is 50.3 Å². The molecule has 1 saturated heterocycles. The zero-order chi connectivity index (χ0) is 14.9. The Morgan fingerprint density at radius 1 is 1.33 bits per heavy atom. The number of benzene rings is 1. The van der Waals surface area contributed by atoms with E-state index in [4.69, 9.17) is 0 Å². The Morgan fingerprint density at radius 2 is 2.10 bits per heavy atom. The van der Waals surface area contributed by atoms with Crippen LogP contribution in [0.2, 0.25) is 0 Å². The number of ketones is 1. The van der Waals surface area contributed by atoms with Crippen LogP contribution in [0.1, 0.15) is 38.2 Å². The van der Waals surface area contributed by atoms with Crippen LogP contribution in [0.3, 0.4) is 0 Å². The lowest BCUT2D eigenvalue weighted by molar-refractivity contribution is -0.141.